The fourth-order valence-electron chi connectivity index (χ4n) is 1.96. The van der Waals surface area contributed by atoms with Crippen LogP contribution in [-0.4, -0.2) is 22.2 Å². The summed E-state index contributed by atoms with van der Waals surface area (Å²) in [5, 5.41) is 12.8. The summed E-state index contributed by atoms with van der Waals surface area (Å²) in [6, 6.07) is 3.64. The van der Waals surface area contributed by atoms with Crippen molar-refractivity contribution in [1.82, 2.24) is 10.2 Å². The summed E-state index contributed by atoms with van der Waals surface area (Å²) in [5.41, 5.74) is 1.83. The zero-order chi connectivity index (χ0) is 17.1. The highest BCUT2D eigenvalue weighted by Gasteiger charge is 2.18. The number of amides is 1. The third kappa shape index (κ3) is 4.42. The van der Waals surface area contributed by atoms with E-state index in [-0.39, 0.29) is 11.8 Å². The van der Waals surface area contributed by atoms with E-state index in [4.69, 9.17) is 16.3 Å². The van der Waals surface area contributed by atoms with Crippen LogP contribution >= 0.6 is 22.9 Å². The second-order valence-corrected chi connectivity index (χ2v) is 7.11. The van der Waals surface area contributed by atoms with Crippen LogP contribution in [0, 0.1) is 13.8 Å². The topological polar surface area (TPSA) is 64.1 Å². The van der Waals surface area contributed by atoms with Crippen LogP contribution in [0.4, 0.5) is 5.13 Å². The second kappa shape index (κ2) is 7.27. The zero-order valence-corrected chi connectivity index (χ0v) is 15.4. The van der Waals surface area contributed by atoms with Gasteiger partial charge in [-0.15, -0.1) is 10.2 Å². The number of aryl methyl sites for hydroxylation is 2. The van der Waals surface area contributed by atoms with Crippen molar-refractivity contribution in [2.45, 2.75) is 46.6 Å². The second-order valence-electron chi connectivity index (χ2n) is 5.72. The largest absolute Gasteiger partial charge is 0.481 e. The number of aromatic nitrogens is 2. The van der Waals surface area contributed by atoms with Gasteiger partial charge < -0.3 is 4.74 Å². The lowest BCUT2D eigenvalue weighted by molar-refractivity contribution is -0.122. The molecule has 0 saturated heterocycles. The van der Waals surface area contributed by atoms with Gasteiger partial charge in [-0.3, -0.25) is 10.1 Å². The maximum absolute atomic E-state index is 12.2. The zero-order valence-electron chi connectivity index (χ0n) is 13.8. The van der Waals surface area contributed by atoms with E-state index in [1.807, 2.05) is 39.8 Å². The Hall–Kier alpha value is -1.66. The lowest BCUT2D eigenvalue weighted by Crippen LogP contribution is -2.30. The molecule has 0 aliphatic carbocycles. The molecule has 0 fully saturated rings. The minimum atomic E-state index is -0.652. The number of benzene rings is 1. The molecule has 124 valence electrons. The van der Waals surface area contributed by atoms with Crippen molar-refractivity contribution in [3.8, 4) is 5.75 Å². The number of halogens is 1. The van der Waals surface area contributed by atoms with Crippen molar-refractivity contribution in [3.63, 3.8) is 0 Å². The highest BCUT2D eigenvalue weighted by atomic mass is 35.5. The van der Waals surface area contributed by atoms with Crippen molar-refractivity contribution < 1.29 is 9.53 Å². The summed E-state index contributed by atoms with van der Waals surface area (Å²) in [6.45, 7) is 9.56. The molecule has 0 spiro atoms. The lowest BCUT2D eigenvalue weighted by Gasteiger charge is -2.15. The summed E-state index contributed by atoms with van der Waals surface area (Å²) in [7, 11) is 0. The Labute approximate surface area is 145 Å². The fraction of sp³-hybridized carbons (Fsp3) is 0.438. The number of hydrogen-bond donors (Lipinski definition) is 1. The molecule has 1 atom stereocenters. The van der Waals surface area contributed by atoms with E-state index in [0.717, 1.165) is 16.1 Å². The molecular weight excluding hydrogens is 334 g/mol. The SMILES string of the molecule is Cc1cc(OC(C)C(=O)Nc2nnc(C(C)C)s2)cc(C)c1Cl. The van der Waals surface area contributed by atoms with Gasteiger partial charge in [0.1, 0.15) is 10.8 Å². The molecule has 23 heavy (non-hydrogen) atoms. The molecule has 0 aliphatic heterocycles. The molecule has 1 aromatic heterocycles. The van der Waals surface area contributed by atoms with Crippen LogP contribution in [0.5, 0.6) is 5.75 Å². The first kappa shape index (κ1) is 17.7. The number of rotatable bonds is 5. The first-order valence-corrected chi connectivity index (χ1v) is 8.55. The average molecular weight is 354 g/mol. The average Bonchev–Trinajstić information content (AvgIpc) is 2.93. The number of carbonyl (C=O) groups is 1. The molecule has 1 heterocycles. The highest BCUT2D eigenvalue weighted by molar-refractivity contribution is 7.15. The fourth-order valence-corrected chi connectivity index (χ4v) is 2.82. The van der Waals surface area contributed by atoms with E-state index in [2.05, 4.69) is 15.5 Å². The quantitative estimate of drug-likeness (QED) is 0.868. The van der Waals surface area contributed by atoms with Crippen LogP contribution in [0.1, 0.15) is 42.8 Å². The minimum Gasteiger partial charge on any atom is -0.481 e. The molecule has 1 amide bonds. The Kier molecular flexibility index (Phi) is 5.59. The Morgan fingerprint density at radius 1 is 1.22 bits per heavy atom. The van der Waals surface area contributed by atoms with Crippen LogP contribution in [0.15, 0.2) is 12.1 Å². The number of nitrogens with zero attached hydrogens (tertiary/aromatic N) is 2. The lowest BCUT2D eigenvalue weighted by atomic mass is 10.1. The molecule has 1 N–H and O–H groups in total. The van der Waals surface area contributed by atoms with Gasteiger partial charge in [0.25, 0.3) is 5.91 Å². The van der Waals surface area contributed by atoms with E-state index in [1.165, 1.54) is 11.3 Å². The van der Waals surface area contributed by atoms with Crippen molar-refractivity contribution in [3.05, 3.63) is 33.3 Å². The Morgan fingerprint density at radius 3 is 2.35 bits per heavy atom. The molecule has 2 aromatic rings. The maximum Gasteiger partial charge on any atom is 0.266 e. The van der Waals surface area contributed by atoms with Gasteiger partial charge in [-0.05, 0) is 44.0 Å². The minimum absolute atomic E-state index is 0.262. The summed E-state index contributed by atoms with van der Waals surface area (Å²) in [4.78, 5) is 12.2. The molecule has 0 aliphatic rings. The van der Waals surface area contributed by atoms with Gasteiger partial charge in [0.2, 0.25) is 5.13 Å². The maximum atomic E-state index is 12.2. The Bertz CT molecular complexity index is 692. The Balaban J connectivity index is 2.02. The van der Waals surface area contributed by atoms with Crippen LogP contribution < -0.4 is 10.1 Å². The smallest absolute Gasteiger partial charge is 0.266 e. The Morgan fingerprint density at radius 2 is 1.83 bits per heavy atom. The summed E-state index contributed by atoms with van der Waals surface area (Å²) < 4.78 is 5.71. The summed E-state index contributed by atoms with van der Waals surface area (Å²) >= 11 is 7.51. The van der Waals surface area contributed by atoms with E-state index < -0.39 is 6.10 Å². The van der Waals surface area contributed by atoms with Gasteiger partial charge >= 0.3 is 0 Å². The van der Waals surface area contributed by atoms with Crippen molar-refractivity contribution in [2.24, 2.45) is 0 Å². The van der Waals surface area contributed by atoms with Crippen molar-refractivity contribution in [1.29, 1.82) is 0 Å². The van der Waals surface area contributed by atoms with Crippen molar-refractivity contribution in [2.75, 3.05) is 5.32 Å². The van der Waals surface area contributed by atoms with Crippen LogP contribution in [0.3, 0.4) is 0 Å². The molecule has 2 rings (SSSR count). The first-order valence-electron chi connectivity index (χ1n) is 7.35. The third-order valence-corrected chi connectivity index (χ3v) is 4.99. The summed E-state index contributed by atoms with van der Waals surface area (Å²) in [6.07, 6.45) is -0.652. The summed E-state index contributed by atoms with van der Waals surface area (Å²) in [5.74, 6) is 0.640. The highest BCUT2D eigenvalue weighted by Crippen LogP contribution is 2.27. The van der Waals surface area contributed by atoms with Crippen molar-refractivity contribution >= 4 is 34.0 Å². The normalized spacial score (nSPS) is 12.3. The van der Waals surface area contributed by atoms with Gasteiger partial charge in [-0.2, -0.15) is 0 Å². The van der Waals surface area contributed by atoms with Crippen LogP contribution in [0.2, 0.25) is 5.02 Å². The molecule has 0 radical (unpaired) electrons. The number of anilines is 1. The number of ether oxygens (including phenoxy) is 1. The van der Waals surface area contributed by atoms with E-state index in [1.54, 1.807) is 6.92 Å². The number of hydrogen-bond acceptors (Lipinski definition) is 5. The first-order chi connectivity index (χ1) is 10.8. The van der Waals surface area contributed by atoms with Crippen LogP contribution in [0.25, 0.3) is 0 Å². The van der Waals surface area contributed by atoms with Gasteiger partial charge in [0, 0.05) is 10.9 Å². The predicted octanol–water partition coefficient (Wildman–Crippen LogP) is 4.34. The van der Waals surface area contributed by atoms with Gasteiger partial charge in [-0.1, -0.05) is 36.8 Å². The molecule has 5 nitrogen and oxygen atoms in total. The van der Waals surface area contributed by atoms with E-state index in [9.17, 15) is 4.79 Å². The molecular formula is C16H20ClN3O2S. The molecule has 0 saturated carbocycles. The van der Waals surface area contributed by atoms with Crippen LogP contribution in [-0.2, 0) is 4.79 Å². The standard InChI is InChI=1S/C16H20ClN3O2S/c1-8(2)15-19-20-16(23-15)18-14(21)11(5)22-12-6-9(3)13(17)10(4)7-12/h6-8,11H,1-5H3,(H,18,20,21). The molecule has 1 unspecified atom stereocenters. The molecule has 7 heteroatoms. The number of carbonyl (C=O) groups excluding carboxylic acids is 1. The van der Waals surface area contributed by atoms with E-state index in [0.29, 0.717) is 15.9 Å². The monoisotopic (exact) mass is 353 g/mol. The molecule has 0 bridgehead atoms. The third-order valence-electron chi connectivity index (χ3n) is 3.26. The number of nitrogens with one attached hydrogen (secondary N) is 1. The molecule has 1 aromatic carbocycles. The predicted molar refractivity (Wildman–Crippen MR) is 93.6 cm³/mol. The van der Waals surface area contributed by atoms with Gasteiger partial charge in [0.15, 0.2) is 6.10 Å². The van der Waals surface area contributed by atoms with E-state index >= 15 is 0 Å². The van der Waals surface area contributed by atoms with Gasteiger partial charge in [0.05, 0.1) is 0 Å². The van der Waals surface area contributed by atoms with Gasteiger partial charge in [-0.25, -0.2) is 0 Å².